The van der Waals surface area contributed by atoms with E-state index in [9.17, 15) is 4.79 Å². The molecule has 1 aliphatic carbocycles. The van der Waals surface area contributed by atoms with E-state index in [1.807, 2.05) is 20.8 Å². The van der Waals surface area contributed by atoms with Gasteiger partial charge in [0.2, 0.25) is 5.91 Å². The minimum absolute atomic E-state index is 0.0919. The first-order chi connectivity index (χ1) is 8.08. The molecule has 0 bridgehead atoms. The van der Waals surface area contributed by atoms with Crippen molar-refractivity contribution in [3.63, 3.8) is 0 Å². The fourth-order valence-corrected chi connectivity index (χ4v) is 3.46. The number of carbonyl (C=O) groups is 1. The molecule has 0 aromatic carbocycles. The van der Waals surface area contributed by atoms with Crippen LogP contribution in [0.1, 0.15) is 54.2 Å². The third kappa shape index (κ3) is 2.86. The number of aryl methyl sites for hydroxylation is 2. The molecule has 1 aromatic heterocycles. The van der Waals surface area contributed by atoms with E-state index in [1.54, 1.807) is 11.3 Å². The maximum atomic E-state index is 12.0. The Balaban J connectivity index is 1.98. The molecule has 1 aliphatic rings. The number of rotatable bonds is 3. The Morgan fingerprint density at radius 3 is 2.59 bits per heavy atom. The molecule has 3 nitrogen and oxygen atoms in total. The number of hydrogen-bond donors (Lipinski definition) is 1. The monoisotopic (exact) mass is 252 g/mol. The van der Waals surface area contributed by atoms with Crippen molar-refractivity contribution in [1.82, 2.24) is 10.3 Å². The average Bonchev–Trinajstić information content (AvgIpc) is 2.87. The summed E-state index contributed by atoms with van der Waals surface area (Å²) < 4.78 is 0. The van der Waals surface area contributed by atoms with Gasteiger partial charge in [0.15, 0.2) is 0 Å². The molecule has 1 fully saturated rings. The van der Waals surface area contributed by atoms with Gasteiger partial charge in [-0.2, -0.15) is 0 Å². The summed E-state index contributed by atoms with van der Waals surface area (Å²) in [4.78, 5) is 17.6. The van der Waals surface area contributed by atoms with E-state index >= 15 is 0 Å². The minimum atomic E-state index is 0.0919. The van der Waals surface area contributed by atoms with Crippen LogP contribution >= 0.6 is 11.3 Å². The zero-order chi connectivity index (χ0) is 12.4. The third-order valence-corrected chi connectivity index (χ3v) is 4.67. The summed E-state index contributed by atoms with van der Waals surface area (Å²) in [6.07, 6.45) is 4.51. The van der Waals surface area contributed by atoms with Crippen molar-refractivity contribution < 1.29 is 4.79 Å². The Morgan fingerprint density at radius 1 is 1.41 bits per heavy atom. The molecule has 1 heterocycles. The Kier molecular flexibility index (Phi) is 3.82. The molecule has 0 radical (unpaired) electrons. The van der Waals surface area contributed by atoms with Crippen molar-refractivity contribution in [1.29, 1.82) is 0 Å². The highest BCUT2D eigenvalue weighted by molar-refractivity contribution is 7.11. The van der Waals surface area contributed by atoms with Crippen LogP contribution in [-0.2, 0) is 4.79 Å². The molecule has 2 rings (SSSR count). The van der Waals surface area contributed by atoms with Crippen molar-refractivity contribution in [2.24, 2.45) is 5.92 Å². The molecular formula is C13H20N2OS. The molecule has 1 unspecified atom stereocenters. The lowest BCUT2D eigenvalue weighted by molar-refractivity contribution is -0.125. The summed E-state index contributed by atoms with van der Waals surface area (Å²) in [5.74, 6) is 0.465. The van der Waals surface area contributed by atoms with Crippen LogP contribution in [0.4, 0.5) is 0 Å². The van der Waals surface area contributed by atoms with Crippen LogP contribution in [0.5, 0.6) is 0 Å². The lowest BCUT2D eigenvalue weighted by atomic mass is 10.1. The van der Waals surface area contributed by atoms with Gasteiger partial charge in [0.25, 0.3) is 0 Å². The van der Waals surface area contributed by atoms with E-state index in [0.717, 1.165) is 23.5 Å². The number of nitrogens with zero attached hydrogens (tertiary/aromatic N) is 1. The fraction of sp³-hybridized carbons (Fsp3) is 0.692. The van der Waals surface area contributed by atoms with Crippen molar-refractivity contribution in [3.05, 3.63) is 15.6 Å². The van der Waals surface area contributed by atoms with Crippen LogP contribution in [0.25, 0.3) is 0 Å². The number of hydrogen-bond acceptors (Lipinski definition) is 3. The van der Waals surface area contributed by atoms with Crippen LogP contribution in [0, 0.1) is 19.8 Å². The zero-order valence-corrected chi connectivity index (χ0v) is 11.6. The van der Waals surface area contributed by atoms with Gasteiger partial charge in [-0.15, -0.1) is 11.3 Å². The predicted molar refractivity (Wildman–Crippen MR) is 70.1 cm³/mol. The Labute approximate surface area is 107 Å². The molecule has 17 heavy (non-hydrogen) atoms. The van der Waals surface area contributed by atoms with Gasteiger partial charge >= 0.3 is 0 Å². The first-order valence-corrected chi connectivity index (χ1v) is 7.14. The van der Waals surface area contributed by atoms with Crippen molar-refractivity contribution >= 4 is 17.2 Å². The number of amides is 1. The molecule has 1 N–H and O–H groups in total. The molecule has 1 saturated carbocycles. The standard InChI is InChI=1S/C13H20N2OS/c1-8-12(17-10(3)14-8)9(2)15-13(16)11-6-4-5-7-11/h9,11H,4-7H2,1-3H3,(H,15,16). The molecule has 0 spiro atoms. The maximum Gasteiger partial charge on any atom is 0.223 e. The highest BCUT2D eigenvalue weighted by Crippen LogP contribution is 2.28. The van der Waals surface area contributed by atoms with E-state index in [2.05, 4.69) is 10.3 Å². The topological polar surface area (TPSA) is 42.0 Å². The smallest absolute Gasteiger partial charge is 0.223 e. The summed E-state index contributed by atoms with van der Waals surface area (Å²) in [5, 5.41) is 4.19. The Bertz CT molecular complexity index is 408. The summed E-state index contributed by atoms with van der Waals surface area (Å²) in [6.45, 7) is 6.07. The quantitative estimate of drug-likeness (QED) is 0.898. The summed E-state index contributed by atoms with van der Waals surface area (Å²) in [7, 11) is 0. The molecule has 0 aliphatic heterocycles. The normalized spacial score (nSPS) is 18.3. The fourth-order valence-electron chi connectivity index (χ4n) is 2.53. The van der Waals surface area contributed by atoms with E-state index in [-0.39, 0.29) is 17.9 Å². The van der Waals surface area contributed by atoms with Gasteiger partial charge in [-0.3, -0.25) is 4.79 Å². The second-order valence-corrected chi connectivity index (χ2v) is 6.13. The van der Waals surface area contributed by atoms with Gasteiger partial charge in [-0.1, -0.05) is 12.8 Å². The number of thiazole rings is 1. The largest absolute Gasteiger partial charge is 0.348 e. The number of aromatic nitrogens is 1. The van der Waals surface area contributed by atoms with Gasteiger partial charge in [0.1, 0.15) is 0 Å². The summed E-state index contributed by atoms with van der Waals surface area (Å²) in [6, 6.07) is 0.0919. The number of nitrogens with one attached hydrogen (secondary N) is 1. The van der Waals surface area contributed by atoms with E-state index in [1.165, 1.54) is 17.7 Å². The molecule has 0 saturated heterocycles. The van der Waals surface area contributed by atoms with Crippen LogP contribution < -0.4 is 5.32 Å². The predicted octanol–water partition coefficient (Wildman–Crippen LogP) is 3.13. The molecule has 4 heteroatoms. The zero-order valence-electron chi connectivity index (χ0n) is 10.7. The van der Waals surface area contributed by atoms with Crippen LogP contribution in [0.15, 0.2) is 0 Å². The highest BCUT2D eigenvalue weighted by atomic mass is 32.1. The van der Waals surface area contributed by atoms with Crippen molar-refractivity contribution in [3.8, 4) is 0 Å². The second-order valence-electron chi connectivity index (χ2n) is 4.89. The molecule has 94 valence electrons. The lowest BCUT2D eigenvalue weighted by Gasteiger charge is -2.16. The minimum Gasteiger partial charge on any atom is -0.348 e. The average molecular weight is 252 g/mol. The van der Waals surface area contributed by atoms with E-state index in [0.29, 0.717) is 0 Å². The summed E-state index contributed by atoms with van der Waals surface area (Å²) >= 11 is 1.68. The van der Waals surface area contributed by atoms with E-state index < -0.39 is 0 Å². The summed E-state index contributed by atoms with van der Waals surface area (Å²) in [5.41, 5.74) is 1.05. The van der Waals surface area contributed by atoms with Crippen LogP contribution in [-0.4, -0.2) is 10.9 Å². The first kappa shape index (κ1) is 12.6. The highest BCUT2D eigenvalue weighted by Gasteiger charge is 2.24. The van der Waals surface area contributed by atoms with Crippen LogP contribution in [0.2, 0.25) is 0 Å². The molecule has 1 amide bonds. The third-order valence-electron chi connectivity index (χ3n) is 3.42. The Morgan fingerprint density at radius 2 is 2.06 bits per heavy atom. The van der Waals surface area contributed by atoms with Crippen molar-refractivity contribution in [2.75, 3.05) is 0 Å². The van der Waals surface area contributed by atoms with Gasteiger partial charge in [0.05, 0.1) is 16.7 Å². The first-order valence-electron chi connectivity index (χ1n) is 6.32. The van der Waals surface area contributed by atoms with Crippen molar-refractivity contribution in [2.45, 2.75) is 52.5 Å². The van der Waals surface area contributed by atoms with Gasteiger partial charge in [0, 0.05) is 10.8 Å². The maximum absolute atomic E-state index is 12.0. The SMILES string of the molecule is Cc1nc(C)c(C(C)NC(=O)C2CCCC2)s1. The van der Waals surface area contributed by atoms with Crippen LogP contribution in [0.3, 0.4) is 0 Å². The second kappa shape index (κ2) is 5.17. The van der Waals surface area contributed by atoms with Gasteiger partial charge in [-0.25, -0.2) is 4.98 Å². The van der Waals surface area contributed by atoms with Gasteiger partial charge in [-0.05, 0) is 33.6 Å². The molecule has 1 atom stereocenters. The van der Waals surface area contributed by atoms with Gasteiger partial charge < -0.3 is 5.32 Å². The molecule has 1 aromatic rings. The lowest BCUT2D eigenvalue weighted by Crippen LogP contribution is -2.31. The Hall–Kier alpha value is -0.900. The molecular weight excluding hydrogens is 232 g/mol. The van der Waals surface area contributed by atoms with E-state index in [4.69, 9.17) is 0 Å². The number of carbonyl (C=O) groups excluding carboxylic acids is 1.